The summed E-state index contributed by atoms with van der Waals surface area (Å²) in [6.07, 6.45) is 6.23. The molecular formula is C22H24O4S. The molecule has 4 nitrogen and oxygen atoms in total. The second kappa shape index (κ2) is 5.57. The highest BCUT2D eigenvalue weighted by molar-refractivity contribution is 7.13. The fourth-order valence-corrected chi connectivity index (χ4v) is 7.49. The van der Waals surface area contributed by atoms with Crippen LogP contribution < -0.4 is 0 Å². The standard InChI is InChI=1S/C22H24O4S/c1-24-22(15-4-5-18(19(23)12-15)20-3-2-6-27-20)21(25-26-22)16-8-13-7-14(10-16)11-17(21)9-13/h2-6,12-14,16-17,23H,7-11H2,1H3. The first-order valence-electron chi connectivity index (χ1n) is 9.95. The summed E-state index contributed by atoms with van der Waals surface area (Å²) >= 11 is 1.62. The molecule has 2 heterocycles. The summed E-state index contributed by atoms with van der Waals surface area (Å²) in [7, 11) is 1.71. The van der Waals surface area contributed by atoms with Crippen LogP contribution in [0.1, 0.15) is 37.7 Å². The lowest BCUT2D eigenvalue weighted by Gasteiger charge is -2.68. The SMILES string of the molecule is COC1(c2ccc(-c3cccs3)c(O)c2)OOC12C1CC3CC(C1)CC2C3. The largest absolute Gasteiger partial charge is 0.507 e. The first kappa shape index (κ1) is 16.5. The zero-order valence-corrected chi connectivity index (χ0v) is 16.2. The molecule has 5 fully saturated rings. The lowest BCUT2D eigenvalue weighted by Crippen LogP contribution is -2.76. The number of phenolic OH excluding ortho intramolecular Hbond substituents is 1. The highest BCUT2D eigenvalue weighted by Crippen LogP contribution is 2.69. The van der Waals surface area contributed by atoms with E-state index < -0.39 is 11.4 Å². The van der Waals surface area contributed by atoms with Crippen LogP contribution in [0, 0.1) is 23.7 Å². The Hall–Kier alpha value is -1.40. The molecular weight excluding hydrogens is 360 g/mol. The third-order valence-electron chi connectivity index (χ3n) is 7.61. The molecule has 27 heavy (non-hydrogen) atoms. The highest BCUT2D eigenvalue weighted by atomic mass is 32.1. The third-order valence-corrected chi connectivity index (χ3v) is 8.52. The Morgan fingerprint density at radius 3 is 2.30 bits per heavy atom. The van der Waals surface area contributed by atoms with Crippen molar-refractivity contribution < 1.29 is 19.6 Å². The van der Waals surface area contributed by atoms with Crippen molar-refractivity contribution in [2.24, 2.45) is 23.7 Å². The van der Waals surface area contributed by atoms with Gasteiger partial charge in [-0.05, 0) is 79.4 Å². The molecule has 142 valence electrons. The van der Waals surface area contributed by atoms with Gasteiger partial charge in [-0.15, -0.1) is 11.3 Å². The van der Waals surface area contributed by atoms with Gasteiger partial charge in [-0.1, -0.05) is 12.1 Å². The average Bonchev–Trinajstić information content (AvgIpc) is 3.15. The lowest BCUT2D eigenvalue weighted by molar-refractivity contribution is -0.645. The maximum Gasteiger partial charge on any atom is 0.260 e. The summed E-state index contributed by atoms with van der Waals surface area (Å²) in [5.74, 6) is 1.98. The quantitative estimate of drug-likeness (QED) is 0.750. The van der Waals surface area contributed by atoms with Crippen LogP contribution in [0.2, 0.25) is 0 Å². The van der Waals surface area contributed by atoms with Crippen LogP contribution in [0.5, 0.6) is 5.75 Å². The molecule has 4 bridgehead atoms. The average molecular weight is 384 g/mol. The van der Waals surface area contributed by atoms with Crippen LogP contribution in [0.15, 0.2) is 35.7 Å². The van der Waals surface area contributed by atoms with E-state index in [2.05, 4.69) is 0 Å². The number of rotatable bonds is 3. The maximum atomic E-state index is 10.7. The van der Waals surface area contributed by atoms with Crippen molar-refractivity contribution in [2.75, 3.05) is 7.11 Å². The number of methoxy groups -OCH3 is 1. The second-order valence-corrected chi connectivity index (χ2v) is 9.74. The molecule has 4 aliphatic carbocycles. The maximum absolute atomic E-state index is 10.7. The molecule has 1 unspecified atom stereocenters. The van der Waals surface area contributed by atoms with Crippen LogP contribution >= 0.6 is 11.3 Å². The van der Waals surface area contributed by atoms with Gasteiger partial charge in [-0.3, -0.25) is 0 Å². The number of phenols is 1. The van der Waals surface area contributed by atoms with Gasteiger partial charge in [-0.25, -0.2) is 4.89 Å². The summed E-state index contributed by atoms with van der Waals surface area (Å²) in [5, 5.41) is 12.8. The Kier molecular flexibility index (Phi) is 3.41. The van der Waals surface area contributed by atoms with Gasteiger partial charge in [-0.2, -0.15) is 4.89 Å². The van der Waals surface area contributed by atoms with Crippen molar-refractivity contribution in [2.45, 2.75) is 43.5 Å². The molecule has 2 aromatic rings. The summed E-state index contributed by atoms with van der Waals surface area (Å²) in [4.78, 5) is 12.8. The second-order valence-electron chi connectivity index (χ2n) is 8.79. The molecule has 1 aromatic heterocycles. The normalized spacial score (nSPS) is 41.8. The van der Waals surface area contributed by atoms with Crippen molar-refractivity contribution in [3.63, 3.8) is 0 Å². The van der Waals surface area contributed by atoms with Gasteiger partial charge in [0.25, 0.3) is 5.79 Å². The Bertz CT molecular complexity index is 844. The topological polar surface area (TPSA) is 47.9 Å². The number of hydrogen-bond acceptors (Lipinski definition) is 5. The van der Waals surface area contributed by atoms with E-state index >= 15 is 0 Å². The van der Waals surface area contributed by atoms with E-state index in [-0.39, 0.29) is 5.75 Å². The number of hydrogen-bond donors (Lipinski definition) is 1. The monoisotopic (exact) mass is 384 g/mol. The zero-order valence-electron chi connectivity index (χ0n) is 15.4. The van der Waals surface area contributed by atoms with Gasteiger partial charge in [0.15, 0.2) is 5.60 Å². The fraction of sp³-hybridized carbons (Fsp3) is 0.545. The Labute approximate surface area is 163 Å². The van der Waals surface area contributed by atoms with Crippen LogP contribution in [-0.2, 0) is 20.3 Å². The molecule has 4 saturated carbocycles. The molecule has 0 amide bonds. The van der Waals surface area contributed by atoms with Crippen LogP contribution in [-0.4, -0.2) is 17.8 Å². The molecule has 1 aromatic carbocycles. The van der Waals surface area contributed by atoms with E-state index in [9.17, 15) is 5.11 Å². The number of benzene rings is 1. The van der Waals surface area contributed by atoms with E-state index in [4.69, 9.17) is 14.5 Å². The minimum Gasteiger partial charge on any atom is -0.507 e. The molecule has 1 saturated heterocycles. The molecule has 1 N–H and O–H groups in total. The van der Waals surface area contributed by atoms with Gasteiger partial charge in [0.1, 0.15) is 5.75 Å². The van der Waals surface area contributed by atoms with Crippen molar-refractivity contribution in [1.29, 1.82) is 0 Å². The molecule has 1 atom stereocenters. The summed E-state index contributed by atoms with van der Waals surface area (Å²) in [6, 6.07) is 9.84. The van der Waals surface area contributed by atoms with Gasteiger partial charge >= 0.3 is 0 Å². The first-order chi connectivity index (χ1) is 13.2. The molecule has 0 radical (unpaired) electrons. The number of thiophene rings is 1. The van der Waals surface area contributed by atoms with E-state index in [1.165, 1.54) is 32.1 Å². The van der Waals surface area contributed by atoms with Crippen molar-refractivity contribution >= 4 is 11.3 Å². The number of aromatic hydroxyl groups is 1. The molecule has 5 aliphatic rings. The summed E-state index contributed by atoms with van der Waals surface area (Å²) in [5.41, 5.74) is 1.30. The predicted molar refractivity (Wildman–Crippen MR) is 102 cm³/mol. The summed E-state index contributed by atoms with van der Waals surface area (Å²) in [6.45, 7) is 0. The smallest absolute Gasteiger partial charge is 0.260 e. The first-order valence-corrected chi connectivity index (χ1v) is 10.8. The molecule has 1 aliphatic heterocycles. The van der Waals surface area contributed by atoms with Gasteiger partial charge in [0, 0.05) is 23.1 Å². The molecule has 1 spiro atoms. The van der Waals surface area contributed by atoms with E-state index in [1.807, 2.05) is 35.7 Å². The minimum atomic E-state index is -0.916. The van der Waals surface area contributed by atoms with E-state index in [0.29, 0.717) is 11.8 Å². The number of ether oxygens (including phenoxy) is 1. The van der Waals surface area contributed by atoms with Crippen molar-refractivity contribution in [3.05, 3.63) is 41.3 Å². The van der Waals surface area contributed by atoms with Crippen LogP contribution in [0.3, 0.4) is 0 Å². The van der Waals surface area contributed by atoms with Gasteiger partial charge in [0.05, 0.1) is 0 Å². The van der Waals surface area contributed by atoms with Gasteiger partial charge in [0.2, 0.25) is 0 Å². The van der Waals surface area contributed by atoms with Crippen LogP contribution in [0.4, 0.5) is 0 Å². The Morgan fingerprint density at radius 2 is 1.78 bits per heavy atom. The fourth-order valence-electron chi connectivity index (χ4n) is 6.73. The van der Waals surface area contributed by atoms with Crippen molar-refractivity contribution in [3.8, 4) is 16.2 Å². The Morgan fingerprint density at radius 1 is 1.04 bits per heavy atom. The third kappa shape index (κ3) is 1.98. The molecule has 7 rings (SSSR count). The lowest BCUT2D eigenvalue weighted by atomic mass is 9.47. The van der Waals surface area contributed by atoms with E-state index in [1.54, 1.807) is 18.4 Å². The molecule has 5 heteroatoms. The Balaban J connectivity index is 1.43. The zero-order chi connectivity index (χ0) is 18.2. The predicted octanol–water partition coefficient (Wildman–Crippen LogP) is 5.08. The van der Waals surface area contributed by atoms with Crippen LogP contribution in [0.25, 0.3) is 10.4 Å². The summed E-state index contributed by atoms with van der Waals surface area (Å²) < 4.78 is 6.07. The van der Waals surface area contributed by atoms with E-state index in [0.717, 1.165) is 27.8 Å². The highest BCUT2D eigenvalue weighted by Gasteiger charge is 2.76. The minimum absolute atomic E-state index is 0.265. The van der Waals surface area contributed by atoms with Crippen molar-refractivity contribution in [1.82, 2.24) is 0 Å². The van der Waals surface area contributed by atoms with Gasteiger partial charge < -0.3 is 9.84 Å².